The average Bonchev–Trinajstić information content (AvgIpc) is 2.90. The smallest absolute Gasteiger partial charge is 0.419 e. The van der Waals surface area contributed by atoms with Crippen LogP contribution in [-0.2, 0) is 25.5 Å². The molecular formula is C19H24N2O5. The molecule has 2 rings (SSSR count). The molecule has 0 fully saturated rings. The molecule has 1 amide bonds. The fourth-order valence-electron chi connectivity index (χ4n) is 2.68. The molecule has 0 saturated heterocycles. The number of carbonyl (C=O) groups excluding carboxylic acids is 3. The van der Waals surface area contributed by atoms with Gasteiger partial charge in [-0.3, -0.25) is 9.36 Å². The molecule has 1 aromatic heterocycles. The van der Waals surface area contributed by atoms with E-state index in [1.54, 1.807) is 33.0 Å². The second kappa shape index (κ2) is 7.59. The van der Waals surface area contributed by atoms with E-state index in [1.807, 2.05) is 18.2 Å². The zero-order chi connectivity index (χ0) is 19.5. The minimum Gasteiger partial charge on any atom is -0.467 e. The minimum absolute atomic E-state index is 0.197. The summed E-state index contributed by atoms with van der Waals surface area (Å²) in [5.74, 6) is -0.884. The molecule has 0 saturated carbocycles. The number of nitrogens with zero attached hydrogens (tertiary/aromatic N) is 1. The van der Waals surface area contributed by atoms with Crippen LogP contribution in [0.2, 0.25) is 0 Å². The molecule has 7 nitrogen and oxygen atoms in total. The lowest BCUT2D eigenvalue weighted by Crippen LogP contribution is -2.41. The lowest BCUT2D eigenvalue weighted by molar-refractivity contribution is -0.144. The first-order valence-corrected chi connectivity index (χ1v) is 8.29. The van der Waals surface area contributed by atoms with E-state index in [2.05, 4.69) is 5.32 Å². The van der Waals surface area contributed by atoms with Gasteiger partial charge in [-0.05, 0) is 32.4 Å². The number of nitrogens with one attached hydrogen (secondary N) is 1. The second-order valence-corrected chi connectivity index (χ2v) is 7.00. The third-order valence-electron chi connectivity index (χ3n) is 3.67. The van der Waals surface area contributed by atoms with Gasteiger partial charge >= 0.3 is 12.1 Å². The van der Waals surface area contributed by atoms with E-state index in [0.717, 1.165) is 10.9 Å². The summed E-state index contributed by atoms with van der Waals surface area (Å²) in [5, 5.41) is 3.38. The standard InChI is InChI=1S/C19H24N2O5/c1-12(22)20-15(17(23)25-5)10-13-11-21(18(24)26-19(2,3)4)16-9-7-6-8-14(13)16/h6-9,11,15H,10H2,1-5H3,(H,20,22)/t15-/m0/s1. The van der Waals surface area contributed by atoms with Crippen molar-refractivity contribution in [2.45, 2.75) is 45.8 Å². The van der Waals surface area contributed by atoms with Crippen molar-refractivity contribution in [2.24, 2.45) is 0 Å². The third-order valence-corrected chi connectivity index (χ3v) is 3.67. The Labute approximate surface area is 152 Å². The van der Waals surface area contributed by atoms with Crippen molar-refractivity contribution in [2.75, 3.05) is 7.11 Å². The van der Waals surface area contributed by atoms with Crippen molar-refractivity contribution in [3.63, 3.8) is 0 Å². The quantitative estimate of drug-likeness (QED) is 0.847. The number of hydrogen-bond acceptors (Lipinski definition) is 5. The highest BCUT2D eigenvalue weighted by Gasteiger charge is 2.25. The summed E-state index contributed by atoms with van der Waals surface area (Å²) in [6, 6.07) is 6.48. The van der Waals surface area contributed by atoms with Gasteiger partial charge in [-0.15, -0.1) is 0 Å². The van der Waals surface area contributed by atoms with Crippen molar-refractivity contribution in [3.05, 3.63) is 36.0 Å². The number of carbonyl (C=O) groups is 3. The number of rotatable bonds is 4. The van der Waals surface area contributed by atoms with Crippen LogP contribution in [0.3, 0.4) is 0 Å². The molecule has 26 heavy (non-hydrogen) atoms. The number of esters is 1. The minimum atomic E-state index is -0.838. The molecule has 0 unspecified atom stereocenters. The Morgan fingerprint density at radius 2 is 1.85 bits per heavy atom. The molecule has 140 valence electrons. The third kappa shape index (κ3) is 4.62. The SMILES string of the molecule is COC(=O)[C@H](Cc1cn(C(=O)OC(C)(C)C)c2ccccc12)NC(C)=O. The summed E-state index contributed by atoms with van der Waals surface area (Å²) < 4.78 is 11.6. The molecule has 1 atom stereocenters. The number of para-hydroxylation sites is 1. The predicted octanol–water partition coefficient (Wildman–Crippen LogP) is 2.64. The summed E-state index contributed by atoms with van der Waals surface area (Å²) in [5.41, 5.74) is 0.770. The van der Waals surface area contributed by atoms with Gasteiger partial charge in [-0.1, -0.05) is 18.2 Å². The number of hydrogen-bond donors (Lipinski definition) is 1. The molecule has 0 spiro atoms. The molecule has 1 heterocycles. The largest absolute Gasteiger partial charge is 0.467 e. The van der Waals surface area contributed by atoms with E-state index >= 15 is 0 Å². The Balaban J connectivity index is 2.43. The van der Waals surface area contributed by atoms with Gasteiger partial charge < -0.3 is 14.8 Å². The van der Waals surface area contributed by atoms with Crippen molar-refractivity contribution in [1.29, 1.82) is 0 Å². The average molecular weight is 360 g/mol. The maximum Gasteiger partial charge on any atom is 0.419 e. The zero-order valence-electron chi connectivity index (χ0n) is 15.7. The molecule has 7 heteroatoms. The maximum absolute atomic E-state index is 12.5. The van der Waals surface area contributed by atoms with E-state index < -0.39 is 23.7 Å². The van der Waals surface area contributed by atoms with Crippen molar-refractivity contribution >= 4 is 28.9 Å². The molecule has 1 aromatic carbocycles. The Bertz CT molecular complexity index is 832. The lowest BCUT2D eigenvalue weighted by Gasteiger charge is -2.19. The molecule has 1 N–H and O–H groups in total. The van der Waals surface area contributed by atoms with Gasteiger partial charge in [0.05, 0.1) is 12.6 Å². The van der Waals surface area contributed by atoms with E-state index in [-0.39, 0.29) is 12.3 Å². The number of ether oxygens (including phenoxy) is 2. The molecule has 0 aliphatic carbocycles. The Morgan fingerprint density at radius 1 is 1.19 bits per heavy atom. The fraction of sp³-hybridized carbons (Fsp3) is 0.421. The Morgan fingerprint density at radius 3 is 2.42 bits per heavy atom. The van der Waals surface area contributed by atoms with Crippen LogP contribution in [0.1, 0.15) is 33.3 Å². The van der Waals surface area contributed by atoms with Crippen molar-refractivity contribution in [1.82, 2.24) is 9.88 Å². The number of fused-ring (bicyclic) bond motifs is 1. The van der Waals surface area contributed by atoms with Gasteiger partial charge in [0.1, 0.15) is 11.6 Å². The van der Waals surface area contributed by atoms with Crippen LogP contribution in [0.4, 0.5) is 4.79 Å². The molecule has 0 radical (unpaired) electrons. The van der Waals surface area contributed by atoms with Gasteiger partial charge in [0, 0.05) is 24.9 Å². The maximum atomic E-state index is 12.5. The van der Waals surface area contributed by atoms with Gasteiger partial charge in [-0.2, -0.15) is 0 Å². The van der Waals surface area contributed by atoms with Crippen LogP contribution in [-0.4, -0.2) is 41.3 Å². The summed E-state index contributed by atoms with van der Waals surface area (Å²) >= 11 is 0. The van der Waals surface area contributed by atoms with Crippen LogP contribution in [0.5, 0.6) is 0 Å². The van der Waals surface area contributed by atoms with Crippen LogP contribution >= 0.6 is 0 Å². The Hall–Kier alpha value is -2.83. The molecule has 2 aromatic rings. The van der Waals surface area contributed by atoms with Gasteiger partial charge in [-0.25, -0.2) is 9.59 Å². The van der Waals surface area contributed by atoms with E-state index in [0.29, 0.717) is 5.52 Å². The molecule has 0 aliphatic rings. The van der Waals surface area contributed by atoms with Crippen molar-refractivity contribution < 1.29 is 23.9 Å². The first-order chi connectivity index (χ1) is 12.1. The molecular weight excluding hydrogens is 336 g/mol. The second-order valence-electron chi connectivity index (χ2n) is 7.00. The van der Waals surface area contributed by atoms with Gasteiger partial charge in [0.2, 0.25) is 5.91 Å². The summed E-state index contributed by atoms with van der Waals surface area (Å²) in [6.07, 6.45) is 1.33. The molecule has 0 bridgehead atoms. The number of aromatic nitrogens is 1. The van der Waals surface area contributed by atoms with Gasteiger partial charge in [0.25, 0.3) is 0 Å². The highest BCUT2D eigenvalue weighted by atomic mass is 16.6. The summed E-state index contributed by atoms with van der Waals surface area (Å²) in [7, 11) is 1.27. The fourth-order valence-corrected chi connectivity index (χ4v) is 2.68. The van der Waals surface area contributed by atoms with Crippen LogP contribution in [0.15, 0.2) is 30.5 Å². The number of amides is 1. The number of methoxy groups -OCH3 is 1. The molecule has 0 aliphatic heterocycles. The van der Waals surface area contributed by atoms with E-state index in [9.17, 15) is 14.4 Å². The van der Waals surface area contributed by atoms with Crippen molar-refractivity contribution in [3.8, 4) is 0 Å². The van der Waals surface area contributed by atoms with Gasteiger partial charge in [0.15, 0.2) is 0 Å². The summed E-state index contributed by atoms with van der Waals surface area (Å²) in [6.45, 7) is 6.71. The normalized spacial score (nSPS) is 12.5. The Kier molecular flexibility index (Phi) is 5.69. The first kappa shape index (κ1) is 19.5. The monoisotopic (exact) mass is 360 g/mol. The predicted molar refractivity (Wildman–Crippen MR) is 96.9 cm³/mol. The van der Waals surface area contributed by atoms with E-state index in [1.165, 1.54) is 18.6 Å². The lowest BCUT2D eigenvalue weighted by atomic mass is 10.1. The highest BCUT2D eigenvalue weighted by molar-refractivity contribution is 5.93. The topological polar surface area (TPSA) is 86.6 Å². The van der Waals surface area contributed by atoms with Crippen LogP contribution in [0.25, 0.3) is 10.9 Å². The summed E-state index contributed by atoms with van der Waals surface area (Å²) in [4.78, 5) is 35.9. The zero-order valence-corrected chi connectivity index (χ0v) is 15.7. The van der Waals surface area contributed by atoms with Crippen LogP contribution in [0, 0.1) is 0 Å². The van der Waals surface area contributed by atoms with Crippen LogP contribution < -0.4 is 5.32 Å². The first-order valence-electron chi connectivity index (χ1n) is 8.29. The number of benzene rings is 1. The van der Waals surface area contributed by atoms with E-state index in [4.69, 9.17) is 9.47 Å². The highest BCUT2D eigenvalue weighted by Crippen LogP contribution is 2.24.